The van der Waals surface area contributed by atoms with Gasteiger partial charge in [0.1, 0.15) is 0 Å². The van der Waals surface area contributed by atoms with Crippen LogP contribution in [0.15, 0.2) is 23.0 Å². The quantitative estimate of drug-likeness (QED) is 0.644. The van der Waals surface area contributed by atoms with E-state index >= 15 is 0 Å². The molecule has 1 aromatic heterocycles. The van der Waals surface area contributed by atoms with Crippen LogP contribution < -0.4 is 10.9 Å². The Labute approximate surface area is 117 Å². The Morgan fingerprint density at radius 1 is 1.30 bits per heavy atom. The number of aliphatic hydroxyl groups excluding tert-OH is 2. The molecule has 0 fully saturated rings. The number of fused-ring (bicyclic) bond motifs is 1. The topological polar surface area (TPSA) is 85.4 Å². The smallest absolute Gasteiger partial charge is 0.252 e. The molecule has 0 aliphatic heterocycles. The SMILES string of the molecule is Cc1ccc(C)c2[nH]c(=O)c(CNC[C@@H](O)CO)cc12. The second-order valence-electron chi connectivity index (χ2n) is 5.08. The Kier molecular flexibility index (Phi) is 4.54. The molecule has 0 bridgehead atoms. The molecule has 1 atom stereocenters. The molecule has 0 saturated heterocycles. The van der Waals surface area contributed by atoms with Crippen molar-refractivity contribution < 1.29 is 10.2 Å². The highest BCUT2D eigenvalue weighted by Gasteiger charge is 2.07. The van der Waals surface area contributed by atoms with Gasteiger partial charge in [0.2, 0.25) is 0 Å². The van der Waals surface area contributed by atoms with Gasteiger partial charge in [0, 0.05) is 24.0 Å². The van der Waals surface area contributed by atoms with Gasteiger partial charge in [0.15, 0.2) is 0 Å². The van der Waals surface area contributed by atoms with Crippen LogP contribution in [0.5, 0.6) is 0 Å². The molecule has 1 aromatic carbocycles. The van der Waals surface area contributed by atoms with E-state index in [1.165, 1.54) is 0 Å². The molecule has 2 aromatic rings. The molecule has 1 heterocycles. The fraction of sp³-hybridized carbons (Fsp3) is 0.400. The lowest BCUT2D eigenvalue weighted by Crippen LogP contribution is -2.30. The molecular formula is C15H20N2O3. The van der Waals surface area contributed by atoms with Crippen LogP contribution in [0.1, 0.15) is 16.7 Å². The molecule has 0 unspecified atom stereocenters. The predicted octanol–water partition coefficient (Wildman–Crippen LogP) is 0.588. The minimum atomic E-state index is -0.807. The molecule has 4 N–H and O–H groups in total. The van der Waals surface area contributed by atoms with E-state index in [4.69, 9.17) is 5.11 Å². The molecule has 20 heavy (non-hydrogen) atoms. The van der Waals surface area contributed by atoms with Crippen LogP contribution in [-0.2, 0) is 6.54 Å². The second-order valence-corrected chi connectivity index (χ2v) is 5.08. The van der Waals surface area contributed by atoms with E-state index in [1.54, 1.807) is 0 Å². The molecule has 0 radical (unpaired) electrons. The lowest BCUT2D eigenvalue weighted by Gasteiger charge is -2.10. The standard InChI is InChI=1S/C15H20N2O3/c1-9-3-4-10(2)14-13(9)5-11(15(20)17-14)6-16-7-12(19)8-18/h3-5,12,16,18-19H,6-8H2,1-2H3,(H,17,20)/t12-/m1/s1. The summed E-state index contributed by atoms with van der Waals surface area (Å²) in [6, 6.07) is 5.90. The third-order valence-electron chi connectivity index (χ3n) is 3.43. The maximum atomic E-state index is 12.0. The highest BCUT2D eigenvalue weighted by molar-refractivity contribution is 5.85. The summed E-state index contributed by atoms with van der Waals surface area (Å²) in [5.41, 5.74) is 3.51. The Hall–Kier alpha value is -1.69. The zero-order chi connectivity index (χ0) is 14.7. The van der Waals surface area contributed by atoms with Crippen molar-refractivity contribution in [3.05, 3.63) is 45.2 Å². The summed E-state index contributed by atoms with van der Waals surface area (Å²) in [7, 11) is 0. The summed E-state index contributed by atoms with van der Waals surface area (Å²) in [4.78, 5) is 14.9. The van der Waals surface area contributed by atoms with Gasteiger partial charge < -0.3 is 20.5 Å². The van der Waals surface area contributed by atoms with Gasteiger partial charge in [-0.15, -0.1) is 0 Å². The second kappa shape index (κ2) is 6.17. The summed E-state index contributed by atoms with van der Waals surface area (Å²) in [6.07, 6.45) is -0.807. The summed E-state index contributed by atoms with van der Waals surface area (Å²) >= 11 is 0. The minimum absolute atomic E-state index is 0.128. The first-order valence-electron chi connectivity index (χ1n) is 6.64. The third-order valence-corrected chi connectivity index (χ3v) is 3.43. The van der Waals surface area contributed by atoms with Gasteiger partial charge in [-0.2, -0.15) is 0 Å². The Balaban J connectivity index is 2.29. The van der Waals surface area contributed by atoms with Gasteiger partial charge in [-0.1, -0.05) is 12.1 Å². The van der Waals surface area contributed by atoms with E-state index in [0.717, 1.165) is 22.0 Å². The van der Waals surface area contributed by atoms with E-state index < -0.39 is 6.10 Å². The number of aliphatic hydroxyl groups is 2. The van der Waals surface area contributed by atoms with Crippen LogP contribution in [0, 0.1) is 13.8 Å². The molecule has 0 aliphatic rings. The number of benzene rings is 1. The third kappa shape index (κ3) is 3.07. The van der Waals surface area contributed by atoms with Crippen molar-refractivity contribution in [3.8, 4) is 0 Å². The number of hydrogen-bond acceptors (Lipinski definition) is 4. The number of aryl methyl sites for hydroxylation is 2. The number of hydrogen-bond donors (Lipinski definition) is 4. The molecule has 0 saturated carbocycles. The number of rotatable bonds is 5. The molecule has 0 amide bonds. The number of aromatic nitrogens is 1. The Morgan fingerprint density at radius 3 is 2.70 bits per heavy atom. The van der Waals surface area contributed by atoms with Crippen LogP contribution in [0.3, 0.4) is 0 Å². The van der Waals surface area contributed by atoms with Crippen LogP contribution >= 0.6 is 0 Å². The van der Waals surface area contributed by atoms with Gasteiger partial charge in [-0.3, -0.25) is 4.79 Å². The first-order chi connectivity index (χ1) is 9.52. The van der Waals surface area contributed by atoms with Crippen molar-refractivity contribution in [1.29, 1.82) is 0 Å². The van der Waals surface area contributed by atoms with E-state index in [-0.39, 0.29) is 18.7 Å². The fourth-order valence-corrected chi connectivity index (χ4v) is 2.19. The van der Waals surface area contributed by atoms with Crippen LogP contribution in [0.2, 0.25) is 0 Å². The summed E-state index contributed by atoms with van der Waals surface area (Å²) in [6.45, 7) is 4.29. The number of H-pyrrole nitrogens is 1. The first kappa shape index (κ1) is 14.7. The molecule has 108 valence electrons. The number of pyridine rings is 1. The number of aromatic amines is 1. The predicted molar refractivity (Wildman–Crippen MR) is 78.8 cm³/mol. The van der Waals surface area contributed by atoms with Crippen LogP contribution in [0.25, 0.3) is 10.9 Å². The van der Waals surface area contributed by atoms with Crippen molar-refractivity contribution >= 4 is 10.9 Å². The highest BCUT2D eigenvalue weighted by atomic mass is 16.3. The molecule has 5 heteroatoms. The lowest BCUT2D eigenvalue weighted by atomic mass is 10.0. The molecule has 0 spiro atoms. The zero-order valence-electron chi connectivity index (χ0n) is 11.7. The van der Waals surface area contributed by atoms with Gasteiger partial charge in [-0.05, 0) is 31.0 Å². The maximum absolute atomic E-state index is 12.0. The van der Waals surface area contributed by atoms with E-state index in [2.05, 4.69) is 10.3 Å². The van der Waals surface area contributed by atoms with Crippen LogP contribution in [-0.4, -0.2) is 34.5 Å². The Bertz CT molecular complexity index is 664. The van der Waals surface area contributed by atoms with Gasteiger partial charge in [-0.25, -0.2) is 0 Å². The minimum Gasteiger partial charge on any atom is -0.394 e. The number of nitrogens with one attached hydrogen (secondary N) is 2. The molecule has 2 rings (SSSR count). The van der Waals surface area contributed by atoms with Gasteiger partial charge in [0.25, 0.3) is 5.56 Å². The normalized spacial score (nSPS) is 12.8. The monoisotopic (exact) mass is 276 g/mol. The Morgan fingerprint density at radius 2 is 2.00 bits per heavy atom. The van der Waals surface area contributed by atoms with E-state index in [1.807, 2.05) is 32.0 Å². The summed E-state index contributed by atoms with van der Waals surface area (Å²) < 4.78 is 0. The largest absolute Gasteiger partial charge is 0.394 e. The van der Waals surface area contributed by atoms with Crippen molar-refractivity contribution in [1.82, 2.24) is 10.3 Å². The zero-order valence-corrected chi connectivity index (χ0v) is 11.7. The summed E-state index contributed by atoms with van der Waals surface area (Å²) in [5.74, 6) is 0. The van der Waals surface area contributed by atoms with Crippen molar-refractivity contribution in [2.24, 2.45) is 0 Å². The van der Waals surface area contributed by atoms with Crippen molar-refractivity contribution in [2.75, 3.05) is 13.2 Å². The van der Waals surface area contributed by atoms with Crippen molar-refractivity contribution in [3.63, 3.8) is 0 Å². The average molecular weight is 276 g/mol. The lowest BCUT2D eigenvalue weighted by molar-refractivity contribution is 0.0942. The molecule has 5 nitrogen and oxygen atoms in total. The maximum Gasteiger partial charge on any atom is 0.252 e. The first-order valence-corrected chi connectivity index (χ1v) is 6.64. The van der Waals surface area contributed by atoms with Gasteiger partial charge in [0.05, 0.1) is 18.2 Å². The fourth-order valence-electron chi connectivity index (χ4n) is 2.19. The van der Waals surface area contributed by atoms with Crippen LogP contribution in [0.4, 0.5) is 0 Å². The molecule has 0 aliphatic carbocycles. The average Bonchev–Trinajstić information content (AvgIpc) is 2.44. The van der Waals surface area contributed by atoms with E-state index in [0.29, 0.717) is 12.1 Å². The highest BCUT2D eigenvalue weighted by Crippen LogP contribution is 2.19. The van der Waals surface area contributed by atoms with Crippen molar-refractivity contribution in [2.45, 2.75) is 26.5 Å². The van der Waals surface area contributed by atoms with E-state index in [9.17, 15) is 9.90 Å². The van der Waals surface area contributed by atoms with Gasteiger partial charge >= 0.3 is 0 Å². The summed E-state index contributed by atoms with van der Waals surface area (Å²) in [5, 5.41) is 22.0. The molecular weight excluding hydrogens is 256 g/mol.